The Labute approximate surface area is 109 Å². The Morgan fingerprint density at radius 1 is 1.11 bits per heavy atom. The topological polar surface area (TPSA) is 55.4 Å². The summed E-state index contributed by atoms with van der Waals surface area (Å²) in [6.45, 7) is 1.75. The van der Waals surface area contributed by atoms with E-state index in [1.54, 1.807) is 0 Å². The van der Waals surface area contributed by atoms with Crippen LogP contribution >= 0.6 is 0 Å². The van der Waals surface area contributed by atoms with Gasteiger partial charge < -0.3 is 10.1 Å². The number of hydrogen-bond donors (Lipinski definition) is 1. The number of sulfone groups is 1. The lowest BCUT2D eigenvalue weighted by molar-refractivity contribution is 0.00295. The first-order chi connectivity index (χ1) is 8.60. The van der Waals surface area contributed by atoms with E-state index in [-0.39, 0.29) is 6.04 Å². The van der Waals surface area contributed by atoms with Gasteiger partial charge in [0.05, 0.1) is 11.5 Å². The van der Waals surface area contributed by atoms with Gasteiger partial charge >= 0.3 is 0 Å². The third-order valence-electron chi connectivity index (χ3n) is 5.06. The molecule has 3 fully saturated rings. The Morgan fingerprint density at radius 2 is 1.89 bits per heavy atom. The summed E-state index contributed by atoms with van der Waals surface area (Å²) in [5.41, 5.74) is 0.393. The summed E-state index contributed by atoms with van der Waals surface area (Å²) >= 11 is 0. The largest absolute Gasteiger partial charge is 0.381 e. The van der Waals surface area contributed by atoms with Gasteiger partial charge in [-0.25, -0.2) is 8.42 Å². The third-order valence-corrected chi connectivity index (χ3v) is 6.83. The number of hydrogen-bond acceptors (Lipinski definition) is 4. The quantitative estimate of drug-likeness (QED) is 0.819. The van der Waals surface area contributed by atoms with Gasteiger partial charge in [-0.1, -0.05) is 6.42 Å². The van der Waals surface area contributed by atoms with E-state index in [0.717, 1.165) is 32.5 Å². The Morgan fingerprint density at radius 3 is 2.56 bits per heavy atom. The molecule has 104 valence electrons. The van der Waals surface area contributed by atoms with Crippen molar-refractivity contribution in [2.75, 3.05) is 24.7 Å². The van der Waals surface area contributed by atoms with Crippen molar-refractivity contribution in [3.8, 4) is 0 Å². The maximum Gasteiger partial charge on any atom is 0.151 e. The molecule has 18 heavy (non-hydrogen) atoms. The average Bonchev–Trinajstić information content (AvgIpc) is 2.86. The number of ether oxygens (including phenoxy) is 1. The molecule has 2 saturated heterocycles. The van der Waals surface area contributed by atoms with Gasteiger partial charge in [0.1, 0.15) is 0 Å². The molecule has 2 aliphatic heterocycles. The molecular weight excluding hydrogens is 250 g/mol. The highest BCUT2D eigenvalue weighted by Gasteiger charge is 2.45. The van der Waals surface area contributed by atoms with E-state index in [0.29, 0.717) is 23.0 Å². The van der Waals surface area contributed by atoms with E-state index in [1.165, 1.54) is 19.3 Å². The summed E-state index contributed by atoms with van der Waals surface area (Å²) in [7, 11) is -2.77. The highest BCUT2D eigenvalue weighted by Crippen LogP contribution is 2.46. The van der Waals surface area contributed by atoms with E-state index >= 15 is 0 Å². The van der Waals surface area contributed by atoms with Crippen LogP contribution in [0.15, 0.2) is 0 Å². The lowest BCUT2D eigenvalue weighted by Gasteiger charge is -2.40. The molecule has 2 heterocycles. The molecule has 3 rings (SSSR count). The SMILES string of the molecule is O=S1(=O)CCC(NC2CCCC23CCOCC3)C1. The van der Waals surface area contributed by atoms with Crippen molar-refractivity contribution in [3.63, 3.8) is 0 Å². The Hall–Kier alpha value is -0.130. The zero-order valence-corrected chi connectivity index (χ0v) is 11.7. The van der Waals surface area contributed by atoms with Gasteiger partial charge in [-0.05, 0) is 37.5 Å². The second kappa shape index (κ2) is 4.76. The summed E-state index contributed by atoms with van der Waals surface area (Å²) in [6.07, 6.45) is 6.85. The zero-order valence-electron chi connectivity index (χ0n) is 10.9. The summed E-state index contributed by atoms with van der Waals surface area (Å²) in [5.74, 6) is 0.712. The molecule has 0 aromatic carbocycles. The van der Waals surface area contributed by atoms with E-state index in [1.807, 2.05) is 0 Å². The normalized spacial score (nSPS) is 38.2. The predicted molar refractivity (Wildman–Crippen MR) is 70.3 cm³/mol. The van der Waals surface area contributed by atoms with E-state index in [2.05, 4.69) is 5.32 Å². The molecule has 0 aromatic heterocycles. The highest BCUT2D eigenvalue weighted by molar-refractivity contribution is 7.91. The lowest BCUT2D eigenvalue weighted by atomic mass is 9.75. The molecule has 2 atom stereocenters. The van der Waals surface area contributed by atoms with Crippen LogP contribution in [0.4, 0.5) is 0 Å². The van der Waals surface area contributed by atoms with Crippen LogP contribution in [0.3, 0.4) is 0 Å². The van der Waals surface area contributed by atoms with Crippen LogP contribution in [-0.2, 0) is 14.6 Å². The monoisotopic (exact) mass is 273 g/mol. The van der Waals surface area contributed by atoms with Crippen LogP contribution < -0.4 is 5.32 Å². The second-order valence-electron chi connectivity index (χ2n) is 6.19. The van der Waals surface area contributed by atoms with Gasteiger partial charge in [-0.3, -0.25) is 0 Å². The van der Waals surface area contributed by atoms with Gasteiger partial charge in [-0.2, -0.15) is 0 Å². The first-order valence-electron chi connectivity index (χ1n) is 7.14. The fourth-order valence-electron chi connectivity index (χ4n) is 3.99. The van der Waals surface area contributed by atoms with Gasteiger partial charge in [0, 0.05) is 25.3 Å². The summed E-state index contributed by atoms with van der Waals surface area (Å²) in [4.78, 5) is 0. The van der Waals surface area contributed by atoms with E-state index in [9.17, 15) is 8.42 Å². The fourth-order valence-corrected chi connectivity index (χ4v) is 5.67. The van der Waals surface area contributed by atoms with Crippen LogP contribution in [0.5, 0.6) is 0 Å². The van der Waals surface area contributed by atoms with E-state index in [4.69, 9.17) is 4.74 Å². The summed E-state index contributed by atoms with van der Waals surface area (Å²) in [5, 5.41) is 3.66. The molecule has 3 aliphatic rings. The van der Waals surface area contributed by atoms with Crippen LogP contribution in [-0.4, -0.2) is 45.2 Å². The Bertz CT molecular complexity index is 400. The van der Waals surface area contributed by atoms with Crippen molar-refractivity contribution >= 4 is 9.84 Å². The standard InChI is InChI=1S/C13H23NO3S/c15-18(16)9-3-11(10-18)14-12-2-1-4-13(12)5-7-17-8-6-13/h11-12,14H,1-10H2. The zero-order chi connectivity index (χ0) is 12.6. The highest BCUT2D eigenvalue weighted by atomic mass is 32.2. The molecule has 0 bridgehead atoms. The molecule has 1 saturated carbocycles. The molecule has 1 aliphatic carbocycles. The molecular formula is C13H23NO3S. The molecule has 2 unspecified atom stereocenters. The minimum absolute atomic E-state index is 0.192. The molecule has 0 aromatic rings. The van der Waals surface area contributed by atoms with E-state index < -0.39 is 9.84 Å². The molecule has 0 radical (unpaired) electrons. The van der Waals surface area contributed by atoms with Crippen molar-refractivity contribution in [3.05, 3.63) is 0 Å². The second-order valence-corrected chi connectivity index (χ2v) is 8.41. The smallest absolute Gasteiger partial charge is 0.151 e. The van der Waals surface area contributed by atoms with Crippen molar-refractivity contribution in [2.45, 2.75) is 50.6 Å². The van der Waals surface area contributed by atoms with Crippen LogP contribution in [0, 0.1) is 5.41 Å². The number of nitrogens with one attached hydrogen (secondary N) is 1. The summed E-state index contributed by atoms with van der Waals surface area (Å²) < 4.78 is 28.5. The van der Waals surface area contributed by atoms with Crippen molar-refractivity contribution in [1.82, 2.24) is 5.32 Å². The van der Waals surface area contributed by atoms with Gasteiger partial charge in [0.2, 0.25) is 0 Å². The maximum absolute atomic E-state index is 11.5. The third kappa shape index (κ3) is 2.45. The van der Waals surface area contributed by atoms with Crippen molar-refractivity contribution in [2.24, 2.45) is 5.41 Å². The van der Waals surface area contributed by atoms with Crippen LogP contribution in [0.2, 0.25) is 0 Å². The van der Waals surface area contributed by atoms with Crippen molar-refractivity contribution < 1.29 is 13.2 Å². The molecule has 0 amide bonds. The van der Waals surface area contributed by atoms with Gasteiger partial charge in [-0.15, -0.1) is 0 Å². The van der Waals surface area contributed by atoms with Crippen LogP contribution in [0.25, 0.3) is 0 Å². The lowest BCUT2D eigenvalue weighted by Crippen LogP contribution is -2.49. The first-order valence-corrected chi connectivity index (χ1v) is 8.96. The average molecular weight is 273 g/mol. The van der Waals surface area contributed by atoms with Crippen LogP contribution in [0.1, 0.15) is 38.5 Å². The number of rotatable bonds is 2. The molecule has 1 spiro atoms. The predicted octanol–water partition coefficient (Wildman–Crippen LogP) is 1.11. The Kier molecular flexibility index (Phi) is 3.41. The molecule has 1 N–H and O–H groups in total. The van der Waals surface area contributed by atoms with Gasteiger partial charge in [0.25, 0.3) is 0 Å². The van der Waals surface area contributed by atoms with Crippen molar-refractivity contribution in [1.29, 1.82) is 0 Å². The first kappa shape index (κ1) is 12.9. The minimum atomic E-state index is -2.77. The fraction of sp³-hybridized carbons (Fsp3) is 1.00. The minimum Gasteiger partial charge on any atom is -0.381 e. The maximum atomic E-state index is 11.5. The molecule has 5 heteroatoms. The molecule has 4 nitrogen and oxygen atoms in total. The Balaban J connectivity index is 1.65. The summed E-state index contributed by atoms with van der Waals surface area (Å²) in [6, 6.07) is 0.706. The van der Waals surface area contributed by atoms with Gasteiger partial charge in [0.15, 0.2) is 9.84 Å².